The average Bonchev–Trinajstić information content (AvgIpc) is 2.37. The van der Waals surface area contributed by atoms with Crippen molar-refractivity contribution in [2.45, 2.75) is 6.18 Å². The lowest BCUT2D eigenvalue weighted by molar-refractivity contribution is -0.384. The van der Waals surface area contributed by atoms with Gasteiger partial charge in [0.25, 0.3) is 5.69 Å². The molecule has 0 fully saturated rings. The van der Waals surface area contributed by atoms with Crippen LogP contribution >= 0.6 is 11.6 Å². The third-order valence-electron chi connectivity index (χ3n) is 2.69. The first-order valence-electron chi connectivity index (χ1n) is 5.42. The van der Waals surface area contributed by atoms with Gasteiger partial charge in [-0.25, -0.2) is 0 Å². The van der Waals surface area contributed by atoms with Gasteiger partial charge < -0.3 is 0 Å². The zero-order valence-electron chi connectivity index (χ0n) is 9.82. The van der Waals surface area contributed by atoms with E-state index >= 15 is 0 Å². The van der Waals surface area contributed by atoms with E-state index in [-0.39, 0.29) is 16.1 Å². The second-order valence-corrected chi connectivity index (χ2v) is 4.34. The molecule has 104 valence electrons. The number of halogens is 4. The molecule has 0 spiro atoms. The van der Waals surface area contributed by atoms with Crippen molar-refractivity contribution in [2.24, 2.45) is 0 Å². The van der Waals surface area contributed by atoms with Crippen LogP contribution in [-0.2, 0) is 6.18 Å². The summed E-state index contributed by atoms with van der Waals surface area (Å²) in [6, 6.07) is 8.37. The Morgan fingerprint density at radius 3 is 2.30 bits per heavy atom. The molecule has 0 aliphatic heterocycles. The molecule has 0 aliphatic carbocycles. The number of benzene rings is 2. The minimum atomic E-state index is -4.62. The van der Waals surface area contributed by atoms with Crippen LogP contribution in [0.4, 0.5) is 18.9 Å². The normalized spacial score (nSPS) is 11.4. The maximum absolute atomic E-state index is 13.0. The lowest BCUT2D eigenvalue weighted by Gasteiger charge is -2.13. The largest absolute Gasteiger partial charge is 0.417 e. The molecule has 0 unspecified atom stereocenters. The molecule has 2 aromatic rings. The fourth-order valence-corrected chi connectivity index (χ4v) is 2.15. The molecule has 0 radical (unpaired) electrons. The smallest absolute Gasteiger partial charge is 0.258 e. The first kappa shape index (κ1) is 14.3. The van der Waals surface area contributed by atoms with Crippen LogP contribution in [0.3, 0.4) is 0 Å². The van der Waals surface area contributed by atoms with Gasteiger partial charge in [0.1, 0.15) is 0 Å². The summed E-state index contributed by atoms with van der Waals surface area (Å²) in [5.41, 5.74) is -1.96. The monoisotopic (exact) mass is 301 g/mol. The SMILES string of the molecule is O=[N+]([O-])c1cccc(Cl)c1-c1ccccc1C(F)(F)F. The summed E-state index contributed by atoms with van der Waals surface area (Å²) in [5.74, 6) is 0. The van der Waals surface area contributed by atoms with Crippen molar-refractivity contribution in [1.29, 1.82) is 0 Å². The van der Waals surface area contributed by atoms with Gasteiger partial charge in [0.05, 0.1) is 21.1 Å². The Labute approximate surface area is 116 Å². The topological polar surface area (TPSA) is 43.1 Å². The number of nitrogens with zero attached hydrogens (tertiary/aromatic N) is 1. The standard InChI is InChI=1S/C13H7ClF3NO2/c14-10-6-3-7-11(18(19)20)12(10)8-4-1-2-5-9(8)13(15,16)17/h1-7H. The van der Waals surface area contributed by atoms with Crippen molar-refractivity contribution in [3.63, 3.8) is 0 Å². The summed E-state index contributed by atoms with van der Waals surface area (Å²) in [4.78, 5) is 10.2. The molecule has 0 amide bonds. The van der Waals surface area contributed by atoms with Crippen molar-refractivity contribution in [1.82, 2.24) is 0 Å². The van der Waals surface area contributed by atoms with Gasteiger partial charge in [-0.3, -0.25) is 10.1 Å². The van der Waals surface area contributed by atoms with Gasteiger partial charge in [-0.2, -0.15) is 13.2 Å². The summed E-state index contributed by atoms with van der Waals surface area (Å²) in [5, 5.41) is 10.9. The minimum absolute atomic E-state index is 0.101. The number of rotatable bonds is 2. The predicted octanol–water partition coefficient (Wildman–Crippen LogP) is 4.93. The molecule has 0 bridgehead atoms. The maximum Gasteiger partial charge on any atom is 0.417 e. The highest BCUT2D eigenvalue weighted by atomic mass is 35.5. The van der Waals surface area contributed by atoms with Gasteiger partial charge in [0, 0.05) is 11.6 Å². The summed E-state index contributed by atoms with van der Waals surface area (Å²) in [6.07, 6.45) is -4.62. The molecule has 2 rings (SSSR count). The van der Waals surface area contributed by atoms with E-state index < -0.39 is 22.4 Å². The van der Waals surface area contributed by atoms with Crippen molar-refractivity contribution in [3.05, 3.63) is 63.2 Å². The van der Waals surface area contributed by atoms with Crippen molar-refractivity contribution >= 4 is 17.3 Å². The molecular weight excluding hydrogens is 295 g/mol. The highest BCUT2D eigenvalue weighted by molar-refractivity contribution is 6.34. The molecule has 0 aliphatic rings. The molecule has 0 saturated carbocycles. The van der Waals surface area contributed by atoms with E-state index in [1.165, 1.54) is 24.3 Å². The lowest BCUT2D eigenvalue weighted by Crippen LogP contribution is -2.07. The van der Waals surface area contributed by atoms with Gasteiger partial charge in [0.15, 0.2) is 0 Å². The average molecular weight is 302 g/mol. The number of nitro groups is 1. The second-order valence-electron chi connectivity index (χ2n) is 3.93. The zero-order valence-corrected chi connectivity index (χ0v) is 10.6. The van der Waals surface area contributed by atoms with E-state index in [9.17, 15) is 23.3 Å². The van der Waals surface area contributed by atoms with Crippen LogP contribution in [0.25, 0.3) is 11.1 Å². The summed E-state index contributed by atoms with van der Waals surface area (Å²) in [7, 11) is 0. The fraction of sp³-hybridized carbons (Fsp3) is 0.0769. The first-order chi connectivity index (χ1) is 9.32. The number of hydrogen-bond donors (Lipinski definition) is 0. The van der Waals surface area contributed by atoms with Crippen LogP contribution in [-0.4, -0.2) is 4.92 Å². The maximum atomic E-state index is 13.0. The molecule has 3 nitrogen and oxygen atoms in total. The Morgan fingerprint density at radius 1 is 1.05 bits per heavy atom. The van der Waals surface area contributed by atoms with E-state index in [0.717, 1.165) is 18.2 Å². The lowest BCUT2D eigenvalue weighted by atomic mass is 9.98. The minimum Gasteiger partial charge on any atom is -0.258 e. The van der Waals surface area contributed by atoms with Gasteiger partial charge in [-0.15, -0.1) is 0 Å². The highest BCUT2D eigenvalue weighted by Crippen LogP contribution is 2.43. The first-order valence-corrected chi connectivity index (χ1v) is 5.79. The van der Waals surface area contributed by atoms with Crippen LogP contribution < -0.4 is 0 Å². The third kappa shape index (κ3) is 2.60. The molecule has 0 N–H and O–H groups in total. The van der Waals surface area contributed by atoms with Gasteiger partial charge >= 0.3 is 6.18 Å². The van der Waals surface area contributed by atoms with Crippen LogP contribution in [0, 0.1) is 10.1 Å². The predicted molar refractivity (Wildman–Crippen MR) is 68.5 cm³/mol. The number of nitro benzene ring substituents is 1. The Morgan fingerprint density at radius 2 is 1.70 bits per heavy atom. The van der Waals surface area contributed by atoms with Crippen LogP contribution in [0.15, 0.2) is 42.5 Å². The summed E-state index contributed by atoms with van der Waals surface area (Å²) < 4.78 is 39.0. The molecule has 0 saturated heterocycles. The molecule has 0 aromatic heterocycles. The second kappa shape index (κ2) is 5.13. The van der Waals surface area contributed by atoms with Crippen molar-refractivity contribution in [2.75, 3.05) is 0 Å². The van der Waals surface area contributed by atoms with Gasteiger partial charge in [-0.1, -0.05) is 35.9 Å². The quantitative estimate of drug-likeness (QED) is 0.583. The van der Waals surface area contributed by atoms with Gasteiger partial charge in [0.2, 0.25) is 0 Å². The van der Waals surface area contributed by atoms with E-state index in [1.807, 2.05) is 0 Å². The van der Waals surface area contributed by atoms with E-state index in [4.69, 9.17) is 11.6 Å². The fourth-order valence-electron chi connectivity index (χ4n) is 1.88. The van der Waals surface area contributed by atoms with E-state index in [1.54, 1.807) is 0 Å². The molecule has 2 aromatic carbocycles. The Balaban J connectivity index is 2.79. The summed E-state index contributed by atoms with van der Waals surface area (Å²) in [6.45, 7) is 0. The molecule has 0 atom stereocenters. The van der Waals surface area contributed by atoms with Crippen LogP contribution in [0.1, 0.15) is 5.56 Å². The zero-order chi connectivity index (χ0) is 14.9. The van der Waals surface area contributed by atoms with Gasteiger partial charge in [-0.05, 0) is 12.1 Å². The summed E-state index contributed by atoms with van der Waals surface area (Å²) >= 11 is 5.86. The van der Waals surface area contributed by atoms with Crippen LogP contribution in [0.5, 0.6) is 0 Å². The van der Waals surface area contributed by atoms with E-state index in [0.29, 0.717) is 0 Å². The number of alkyl halides is 3. The molecule has 7 heteroatoms. The Kier molecular flexibility index (Phi) is 3.67. The Bertz CT molecular complexity index is 671. The highest BCUT2D eigenvalue weighted by Gasteiger charge is 2.35. The third-order valence-corrected chi connectivity index (χ3v) is 3.01. The number of hydrogen-bond acceptors (Lipinski definition) is 2. The molecular formula is C13H7ClF3NO2. The molecule has 20 heavy (non-hydrogen) atoms. The molecule has 0 heterocycles. The van der Waals surface area contributed by atoms with Crippen LogP contribution in [0.2, 0.25) is 5.02 Å². The van der Waals surface area contributed by atoms with E-state index in [2.05, 4.69) is 0 Å². The van der Waals surface area contributed by atoms with Crippen molar-refractivity contribution < 1.29 is 18.1 Å². The Hall–Kier alpha value is -2.08. The van der Waals surface area contributed by atoms with Crippen molar-refractivity contribution in [3.8, 4) is 11.1 Å².